The number of halogens is 1. The number of anilines is 1. The second kappa shape index (κ2) is 6.04. The number of nitrogens with two attached hydrogens (primary N) is 2. The first-order valence-electron chi connectivity index (χ1n) is 6.08. The fourth-order valence-corrected chi connectivity index (χ4v) is 1.76. The zero-order chi connectivity index (χ0) is 15.4. The molecule has 21 heavy (non-hydrogen) atoms. The van der Waals surface area contributed by atoms with E-state index in [0.717, 1.165) is 12.1 Å². The first kappa shape index (κ1) is 14.5. The van der Waals surface area contributed by atoms with Crippen LogP contribution in [-0.2, 0) is 11.3 Å². The molecule has 108 valence electrons. The molecule has 0 spiro atoms. The Morgan fingerprint density at radius 2 is 1.90 bits per heavy atom. The summed E-state index contributed by atoms with van der Waals surface area (Å²) in [6.07, 6.45) is 0. The molecule has 5 nitrogen and oxygen atoms in total. The van der Waals surface area contributed by atoms with Crippen molar-refractivity contribution < 1.29 is 18.7 Å². The van der Waals surface area contributed by atoms with E-state index in [4.69, 9.17) is 16.2 Å². The van der Waals surface area contributed by atoms with E-state index in [9.17, 15) is 14.0 Å². The van der Waals surface area contributed by atoms with Crippen molar-refractivity contribution in [3.05, 3.63) is 65.0 Å². The molecule has 0 saturated carbocycles. The van der Waals surface area contributed by atoms with E-state index in [0.29, 0.717) is 11.1 Å². The Hall–Kier alpha value is -2.89. The second-order valence-electron chi connectivity index (χ2n) is 4.37. The number of hydrogen-bond donors (Lipinski definition) is 2. The largest absolute Gasteiger partial charge is 0.457 e. The molecule has 2 rings (SSSR count). The lowest BCUT2D eigenvalue weighted by molar-refractivity contribution is 0.0474. The topological polar surface area (TPSA) is 95.4 Å². The van der Waals surface area contributed by atoms with Gasteiger partial charge < -0.3 is 16.2 Å². The average molecular weight is 288 g/mol. The third kappa shape index (κ3) is 3.56. The van der Waals surface area contributed by atoms with Crippen LogP contribution >= 0.6 is 0 Å². The van der Waals surface area contributed by atoms with Crippen LogP contribution in [0.2, 0.25) is 0 Å². The third-order valence-electron chi connectivity index (χ3n) is 2.81. The summed E-state index contributed by atoms with van der Waals surface area (Å²) in [7, 11) is 0. The number of primary amides is 1. The fraction of sp³-hybridized carbons (Fsp3) is 0.0667. The van der Waals surface area contributed by atoms with Gasteiger partial charge in [-0.3, -0.25) is 4.79 Å². The minimum absolute atomic E-state index is 0.00545. The van der Waals surface area contributed by atoms with Crippen molar-refractivity contribution in [1.82, 2.24) is 0 Å². The number of esters is 1. The fourth-order valence-electron chi connectivity index (χ4n) is 1.76. The van der Waals surface area contributed by atoms with Gasteiger partial charge in [-0.1, -0.05) is 12.1 Å². The highest BCUT2D eigenvalue weighted by Crippen LogP contribution is 2.15. The summed E-state index contributed by atoms with van der Waals surface area (Å²) in [4.78, 5) is 22.9. The quantitative estimate of drug-likeness (QED) is 0.663. The lowest BCUT2D eigenvalue weighted by Gasteiger charge is -2.07. The zero-order valence-electron chi connectivity index (χ0n) is 11.0. The highest BCUT2D eigenvalue weighted by atomic mass is 19.1. The molecule has 4 N–H and O–H groups in total. The molecule has 0 radical (unpaired) electrons. The summed E-state index contributed by atoms with van der Waals surface area (Å²) in [5.74, 6) is -1.76. The standard InChI is InChI=1S/C15H13FN2O3/c16-11-4-5-12(13(17)7-11)15(20)21-8-9-2-1-3-10(6-9)14(18)19/h1-7H,8,17H2,(H2,18,19). The number of carbonyl (C=O) groups excluding carboxylic acids is 2. The second-order valence-corrected chi connectivity index (χ2v) is 4.37. The molecule has 0 bridgehead atoms. The van der Waals surface area contributed by atoms with Gasteiger partial charge in [-0.2, -0.15) is 0 Å². The van der Waals surface area contributed by atoms with Crippen LogP contribution < -0.4 is 11.5 Å². The lowest BCUT2D eigenvalue weighted by Crippen LogP contribution is -2.12. The Morgan fingerprint density at radius 1 is 1.14 bits per heavy atom. The van der Waals surface area contributed by atoms with E-state index >= 15 is 0 Å². The molecule has 0 atom stereocenters. The van der Waals surface area contributed by atoms with E-state index < -0.39 is 17.7 Å². The SMILES string of the molecule is NC(=O)c1cccc(COC(=O)c2ccc(F)cc2N)c1. The molecular weight excluding hydrogens is 275 g/mol. The van der Waals surface area contributed by atoms with Gasteiger partial charge in [0, 0.05) is 11.3 Å². The molecule has 2 aromatic rings. The van der Waals surface area contributed by atoms with Gasteiger partial charge in [-0.05, 0) is 35.9 Å². The number of ether oxygens (including phenoxy) is 1. The van der Waals surface area contributed by atoms with Crippen LogP contribution in [0.4, 0.5) is 10.1 Å². The van der Waals surface area contributed by atoms with Crippen molar-refractivity contribution in [2.24, 2.45) is 5.73 Å². The van der Waals surface area contributed by atoms with Crippen LogP contribution in [-0.4, -0.2) is 11.9 Å². The monoisotopic (exact) mass is 288 g/mol. The van der Waals surface area contributed by atoms with Gasteiger partial charge in [0.1, 0.15) is 12.4 Å². The predicted octanol–water partition coefficient (Wildman–Crippen LogP) is 1.86. The summed E-state index contributed by atoms with van der Waals surface area (Å²) in [6, 6.07) is 9.84. The summed E-state index contributed by atoms with van der Waals surface area (Å²) in [5, 5.41) is 0. The molecule has 0 saturated heterocycles. The van der Waals surface area contributed by atoms with Gasteiger partial charge >= 0.3 is 5.97 Å². The van der Waals surface area contributed by atoms with Crippen LogP contribution in [0.15, 0.2) is 42.5 Å². The molecular formula is C15H13FN2O3. The van der Waals surface area contributed by atoms with Gasteiger partial charge in [0.2, 0.25) is 5.91 Å². The maximum atomic E-state index is 12.9. The Balaban J connectivity index is 2.07. The van der Waals surface area contributed by atoms with E-state index in [1.54, 1.807) is 18.2 Å². The summed E-state index contributed by atoms with van der Waals surface area (Å²) < 4.78 is 18.0. The van der Waals surface area contributed by atoms with Gasteiger partial charge in [0.05, 0.1) is 5.56 Å². The van der Waals surface area contributed by atoms with Crippen molar-refractivity contribution in [3.8, 4) is 0 Å². The highest BCUT2D eigenvalue weighted by molar-refractivity contribution is 5.95. The Morgan fingerprint density at radius 3 is 2.57 bits per heavy atom. The molecule has 1 amide bonds. The number of carbonyl (C=O) groups is 2. The van der Waals surface area contributed by atoms with Gasteiger partial charge in [-0.15, -0.1) is 0 Å². The molecule has 0 unspecified atom stereocenters. The number of amides is 1. The van der Waals surface area contributed by atoms with Crippen LogP contribution in [0.5, 0.6) is 0 Å². The maximum Gasteiger partial charge on any atom is 0.340 e. The minimum atomic E-state index is -0.669. The van der Waals surface area contributed by atoms with E-state index in [1.807, 2.05) is 0 Å². The first-order valence-corrected chi connectivity index (χ1v) is 6.08. The smallest absolute Gasteiger partial charge is 0.340 e. The van der Waals surface area contributed by atoms with Gasteiger partial charge in [0.15, 0.2) is 0 Å². The molecule has 0 aliphatic carbocycles. The Labute approximate surface area is 120 Å². The van der Waals surface area contributed by atoms with Crippen molar-refractivity contribution in [3.63, 3.8) is 0 Å². The van der Waals surface area contributed by atoms with Crippen molar-refractivity contribution >= 4 is 17.6 Å². The van der Waals surface area contributed by atoms with Crippen LogP contribution in [0.3, 0.4) is 0 Å². The molecule has 0 aromatic heterocycles. The van der Waals surface area contributed by atoms with Crippen LogP contribution in [0, 0.1) is 5.82 Å². The number of rotatable bonds is 4. The van der Waals surface area contributed by atoms with Gasteiger partial charge in [-0.25, -0.2) is 9.18 Å². The van der Waals surface area contributed by atoms with E-state index in [2.05, 4.69) is 0 Å². The summed E-state index contributed by atoms with van der Waals surface area (Å²) in [5.41, 5.74) is 11.7. The highest BCUT2D eigenvalue weighted by Gasteiger charge is 2.12. The van der Waals surface area contributed by atoms with E-state index in [1.165, 1.54) is 12.1 Å². The van der Waals surface area contributed by atoms with Crippen molar-refractivity contribution in [2.45, 2.75) is 6.61 Å². The number of nitrogen functional groups attached to an aromatic ring is 1. The van der Waals surface area contributed by atoms with Crippen molar-refractivity contribution in [2.75, 3.05) is 5.73 Å². The molecule has 2 aromatic carbocycles. The van der Waals surface area contributed by atoms with Crippen molar-refractivity contribution in [1.29, 1.82) is 0 Å². The van der Waals surface area contributed by atoms with Crippen LogP contribution in [0.1, 0.15) is 26.3 Å². The molecule has 0 aliphatic rings. The molecule has 6 heteroatoms. The average Bonchev–Trinajstić information content (AvgIpc) is 2.45. The normalized spacial score (nSPS) is 10.1. The lowest BCUT2D eigenvalue weighted by atomic mass is 10.1. The molecule has 0 heterocycles. The molecule has 0 aliphatic heterocycles. The minimum Gasteiger partial charge on any atom is -0.457 e. The first-order chi connectivity index (χ1) is 9.97. The molecule has 0 fully saturated rings. The maximum absolute atomic E-state index is 12.9. The summed E-state index contributed by atoms with van der Waals surface area (Å²) >= 11 is 0. The number of benzene rings is 2. The Kier molecular flexibility index (Phi) is 4.18. The third-order valence-corrected chi connectivity index (χ3v) is 2.81. The van der Waals surface area contributed by atoms with Gasteiger partial charge in [0.25, 0.3) is 0 Å². The van der Waals surface area contributed by atoms with Crippen LogP contribution in [0.25, 0.3) is 0 Å². The number of hydrogen-bond acceptors (Lipinski definition) is 4. The Bertz CT molecular complexity index is 701. The zero-order valence-corrected chi connectivity index (χ0v) is 11.0. The predicted molar refractivity (Wildman–Crippen MR) is 74.9 cm³/mol. The summed E-state index contributed by atoms with van der Waals surface area (Å²) in [6.45, 7) is -0.0449. The van der Waals surface area contributed by atoms with E-state index in [-0.39, 0.29) is 17.9 Å².